The molecule has 2 nitrogen and oxygen atoms in total. The summed E-state index contributed by atoms with van der Waals surface area (Å²) in [5.74, 6) is 0.623. The second kappa shape index (κ2) is 5.18. The summed E-state index contributed by atoms with van der Waals surface area (Å²) in [6.07, 6.45) is 0.454. The zero-order chi connectivity index (χ0) is 10.6. The van der Waals surface area contributed by atoms with Crippen LogP contribution in [0.3, 0.4) is 0 Å². The van der Waals surface area contributed by atoms with Gasteiger partial charge in [0.1, 0.15) is 0 Å². The van der Waals surface area contributed by atoms with Crippen molar-refractivity contribution in [2.75, 3.05) is 0 Å². The molecule has 0 aromatic rings. The molecule has 0 rings (SSSR count). The molecule has 1 atom stereocenters. The molecule has 2 heteroatoms. The molecule has 0 aliphatic heterocycles. The standard InChI is InChI=1S/C11H21NO/c1-7(2)9(4)10(5)11(13)6-8(3)12/h7-8H,6,12H2,1-5H3. The molecular weight excluding hydrogens is 162 g/mol. The maximum absolute atomic E-state index is 11.6. The Kier molecular flexibility index (Phi) is 4.92. The highest BCUT2D eigenvalue weighted by Gasteiger charge is 2.11. The molecule has 0 heterocycles. The molecule has 2 N–H and O–H groups in total. The van der Waals surface area contributed by atoms with Crippen LogP contribution in [-0.2, 0) is 4.79 Å². The van der Waals surface area contributed by atoms with Crippen LogP contribution in [0.1, 0.15) is 41.0 Å². The van der Waals surface area contributed by atoms with Crippen LogP contribution in [0.2, 0.25) is 0 Å². The summed E-state index contributed by atoms with van der Waals surface area (Å²) in [7, 11) is 0. The van der Waals surface area contributed by atoms with Gasteiger partial charge in [0.25, 0.3) is 0 Å². The molecule has 0 fully saturated rings. The van der Waals surface area contributed by atoms with E-state index in [-0.39, 0.29) is 11.8 Å². The maximum atomic E-state index is 11.6. The Morgan fingerprint density at radius 2 is 1.69 bits per heavy atom. The van der Waals surface area contributed by atoms with Gasteiger partial charge in [0.05, 0.1) is 0 Å². The molecule has 0 spiro atoms. The first kappa shape index (κ1) is 12.4. The number of rotatable bonds is 4. The number of Topliss-reactive ketones (excluding diaryl/α,β-unsaturated/α-hetero) is 1. The van der Waals surface area contributed by atoms with Crippen molar-refractivity contribution in [1.82, 2.24) is 0 Å². The van der Waals surface area contributed by atoms with Crippen LogP contribution in [0.5, 0.6) is 0 Å². The lowest BCUT2D eigenvalue weighted by Crippen LogP contribution is -2.20. The molecule has 1 unspecified atom stereocenters. The molecule has 0 aliphatic carbocycles. The van der Waals surface area contributed by atoms with Gasteiger partial charge in [0.2, 0.25) is 0 Å². The van der Waals surface area contributed by atoms with Gasteiger partial charge in [-0.25, -0.2) is 0 Å². The Labute approximate surface area is 81.2 Å². The Morgan fingerprint density at radius 1 is 1.23 bits per heavy atom. The first-order chi connectivity index (χ1) is 5.86. The minimum atomic E-state index is -0.0394. The van der Waals surface area contributed by atoms with Crippen molar-refractivity contribution >= 4 is 5.78 Å². The van der Waals surface area contributed by atoms with Gasteiger partial charge in [-0.1, -0.05) is 19.4 Å². The summed E-state index contributed by atoms with van der Waals surface area (Å²) in [6, 6.07) is -0.0394. The van der Waals surface area contributed by atoms with Crippen molar-refractivity contribution in [1.29, 1.82) is 0 Å². The minimum Gasteiger partial charge on any atom is -0.328 e. The summed E-state index contributed by atoms with van der Waals surface area (Å²) >= 11 is 0. The third-order valence-corrected chi connectivity index (χ3v) is 2.38. The molecular formula is C11H21NO. The van der Waals surface area contributed by atoms with Gasteiger partial charge in [-0.3, -0.25) is 4.79 Å². The Balaban J connectivity index is 4.49. The van der Waals surface area contributed by atoms with E-state index in [1.54, 1.807) is 0 Å². The third kappa shape index (κ3) is 4.23. The molecule has 13 heavy (non-hydrogen) atoms. The Morgan fingerprint density at radius 3 is 2.00 bits per heavy atom. The fraction of sp³-hybridized carbons (Fsp3) is 0.727. The van der Waals surface area contributed by atoms with Gasteiger partial charge in [-0.15, -0.1) is 0 Å². The highest BCUT2D eigenvalue weighted by Crippen LogP contribution is 2.15. The zero-order valence-corrected chi connectivity index (χ0v) is 9.35. The summed E-state index contributed by atoms with van der Waals surface area (Å²) in [5.41, 5.74) is 7.62. The van der Waals surface area contributed by atoms with Gasteiger partial charge in [-0.05, 0) is 32.3 Å². The molecule has 0 aromatic heterocycles. The summed E-state index contributed by atoms with van der Waals surface area (Å²) < 4.78 is 0. The monoisotopic (exact) mass is 183 g/mol. The van der Waals surface area contributed by atoms with E-state index >= 15 is 0 Å². The van der Waals surface area contributed by atoms with E-state index in [1.807, 2.05) is 20.8 Å². The number of nitrogens with two attached hydrogens (primary N) is 1. The molecule has 0 aliphatic rings. The smallest absolute Gasteiger partial charge is 0.160 e. The molecule has 0 saturated heterocycles. The normalized spacial score (nSPS) is 15.6. The number of hydrogen-bond donors (Lipinski definition) is 1. The molecule has 0 saturated carbocycles. The lowest BCUT2D eigenvalue weighted by molar-refractivity contribution is -0.115. The Hall–Kier alpha value is -0.630. The number of hydrogen-bond acceptors (Lipinski definition) is 2. The van der Waals surface area contributed by atoms with Crippen LogP contribution in [-0.4, -0.2) is 11.8 Å². The van der Waals surface area contributed by atoms with E-state index in [9.17, 15) is 4.79 Å². The molecule has 0 bridgehead atoms. The predicted molar refractivity (Wildman–Crippen MR) is 56.5 cm³/mol. The van der Waals surface area contributed by atoms with E-state index in [0.29, 0.717) is 12.3 Å². The highest BCUT2D eigenvalue weighted by molar-refractivity contribution is 5.95. The molecule has 0 amide bonds. The first-order valence-electron chi connectivity index (χ1n) is 4.82. The summed E-state index contributed by atoms with van der Waals surface area (Å²) in [5, 5.41) is 0. The molecule has 0 aromatic carbocycles. The second-order valence-corrected chi connectivity index (χ2v) is 4.07. The number of allylic oxidation sites excluding steroid dienone is 2. The highest BCUT2D eigenvalue weighted by atomic mass is 16.1. The van der Waals surface area contributed by atoms with Crippen LogP contribution >= 0.6 is 0 Å². The average Bonchev–Trinajstić information content (AvgIpc) is 2.00. The van der Waals surface area contributed by atoms with Crippen LogP contribution in [0.4, 0.5) is 0 Å². The van der Waals surface area contributed by atoms with Crippen molar-refractivity contribution < 1.29 is 4.79 Å². The third-order valence-electron chi connectivity index (χ3n) is 2.38. The van der Waals surface area contributed by atoms with Crippen molar-refractivity contribution in [2.24, 2.45) is 11.7 Å². The number of ketones is 1. The van der Waals surface area contributed by atoms with E-state index < -0.39 is 0 Å². The number of carbonyl (C=O) groups is 1. The lowest BCUT2D eigenvalue weighted by Gasteiger charge is -2.11. The van der Waals surface area contributed by atoms with Crippen LogP contribution in [0.25, 0.3) is 0 Å². The van der Waals surface area contributed by atoms with Crippen molar-refractivity contribution in [3.8, 4) is 0 Å². The van der Waals surface area contributed by atoms with E-state index in [0.717, 1.165) is 5.57 Å². The topological polar surface area (TPSA) is 43.1 Å². The van der Waals surface area contributed by atoms with E-state index in [2.05, 4.69) is 13.8 Å². The largest absolute Gasteiger partial charge is 0.328 e. The van der Waals surface area contributed by atoms with Crippen molar-refractivity contribution in [3.05, 3.63) is 11.1 Å². The van der Waals surface area contributed by atoms with Crippen molar-refractivity contribution in [2.45, 2.75) is 47.1 Å². The quantitative estimate of drug-likeness (QED) is 0.679. The zero-order valence-electron chi connectivity index (χ0n) is 9.35. The van der Waals surface area contributed by atoms with Gasteiger partial charge < -0.3 is 5.73 Å². The van der Waals surface area contributed by atoms with E-state index in [1.165, 1.54) is 5.57 Å². The van der Waals surface area contributed by atoms with Gasteiger partial charge in [0, 0.05) is 12.5 Å². The maximum Gasteiger partial charge on any atom is 0.160 e. The first-order valence-corrected chi connectivity index (χ1v) is 4.82. The van der Waals surface area contributed by atoms with E-state index in [4.69, 9.17) is 5.73 Å². The SMILES string of the molecule is CC(C(=O)CC(C)N)=C(C)C(C)C. The van der Waals surface area contributed by atoms with Gasteiger partial charge in [0.15, 0.2) is 5.78 Å². The average molecular weight is 183 g/mol. The van der Waals surface area contributed by atoms with Gasteiger partial charge in [-0.2, -0.15) is 0 Å². The number of carbonyl (C=O) groups excluding carboxylic acids is 1. The predicted octanol–water partition coefficient (Wildman–Crippen LogP) is 2.29. The fourth-order valence-electron chi connectivity index (χ4n) is 1.10. The fourth-order valence-corrected chi connectivity index (χ4v) is 1.10. The molecule has 76 valence electrons. The Bertz CT molecular complexity index is 214. The van der Waals surface area contributed by atoms with Crippen LogP contribution < -0.4 is 5.73 Å². The van der Waals surface area contributed by atoms with Crippen LogP contribution in [0, 0.1) is 5.92 Å². The summed E-state index contributed by atoms with van der Waals surface area (Å²) in [4.78, 5) is 11.6. The lowest BCUT2D eigenvalue weighted by atomic mass is 9.95. The minimum absolute atomic E-state index is 0.0394. The van der Waals surface area contributed by atoms with Crippen molar-refractivity contribution in [3.63, 3.8) is 0 Å². The van der Waals surface area contributed by atoms with Gasteiger partial charge >= 0.3 is 0 Å². The van der Waals surface area contributed by atoms with Crippen LogP contribution in [0.15, 0.2) is 11.1 Å². The second-order valence-electron chi connectivity index (χ2n) is 4.07. The molecule has 0 radical (unpaired) electrons. The summed E-state index contributed by atoms with van der Waals surface area (Å²) in [6.45, 7) is 9.95.